The van der Waals surface area contributed by atoms with Crippen LogP contribution in [-0.2, 0) is 19.0 Å². The van der Waals surface area contributed by atoms with E-state index in [9.17, 15) is 35.4 Å². The summed E-state index contributed by atoms with van der Waals surface area (Å²) in [6, 6.07) is -1.55. The lowest BCUT2D eigenvalue weighted by Crippen LogP contribution is -2.62. The van der Waals surface area contributed by atoms with Gasteiger partial charge < -0.3 is 55.9 Å². The minimum absolute atomic E-state index is 0.0293. The van der Waals surface area contributed by atoms with Crippen LogP contribution < -0.4 is 11.1 Å². The first-order valence-corrected chi connectivity index (χ1v) is 14.9. The Labute approximate surface area is 243 Å². The number of carbonyl (C=O) groups is 1. The summed E-state index contributed by atoms with van der Waals surface area (Å²) in [7, 11) is 0. The maximum absolute atomic E-state index is 13.5. The molecule has 2 aliphatic rings. The molecule has 0 aromatic heterocycles. The van der Waals surface area contributed by atoms with E-state index >= 15 is 0 Å². The van der Waals surface area contributed by atoms with Crippen LogP contribution in [0, 0.1) is 17.8 Å². The van der Waals surface area contributed by atoms with Gasteiger partial charge in [0.2, 0.25) is 5.91 Å². The van der Waals surface area contributed by atoms with Gasteiger partial charge in [0.25, 0.3) is 0 Å². The first-order valence-electron chi connectivity index (χ1n) is 14.9. The Hall–Kier alpha value is -1.19. The summed E-state index contributed by atoms with van der Waals surface area (Å²) >= 11 is 0. The van der Waals surface area contributed by atoms with Crippen molar-refractivity contribution in [3.05, 3.63) is 12.2 Å². The third-order valence-electron chi connectivity index (χ3n) is 7.89. The molecule has 2 aliphatic heterocycles. The molecule has 5 unspecified atom stereocenters. The number of carbonyl (C=O) groups excluding carboxylic acids is 1. The number of aliphatic hydroxyl groups excluding tert-OH is 5. The molecule has 0 spiro atoms. The SMILES string of the molecule is CC/C=C/[C@@H](C[C@@H]1O[C@](O)(C[C@@H](O)C(C)C)C[C@H](O)[C@H]1C(=O)N[C@H](CO)CC(C)C)OC1OC(C)C(O)C(N)C1O. The molecule has 2 saturated heterocycles. The van der Waals surface area contributed by atoms with Crippen molar-refractivity contribution in [2.45, 2.75) is 141 Å². The molecule has 41 heavy (non-hydrogen) atoms. The van der Waals surface area contributed by atoms with E-state index in [1.54, 1.807) is 26.8 Å². The van der Waals surface area contributed by atoms with Crippen molar-refractivity contribution in [1.82, 2.24) is 5.32 Å². The molecule has 240 valence electrons. The standard InChI is InChI=1S/C29H54N2O10/c1-7-8-9-19(40-28-26(36)24(30)25(35)17(6)39-28)11-22-23(27(37)31-18(14-32)10-15(2)3)21(34)13-29(38,41-22)12-20(33)16(4)5/h8-9,15-26,28,32-36,38H,7,10-14,30H2,1-6H3,(H,31,37)/b9-8+/t17?,18-,19-,20+,21-,22-,23+,24?,25?,26?,28?,29+/m0/s1. The second-order valence-electron chi connectivity index (χ2n) is 12.4. The zero-order valence-electron chi connectivity index (χ0n) is 25.3. The first kappa shape index (κ1) is 36.0. The van der Waals surface area contributed by atoms with E-state index in [0.29, 0.717) is 12.8 Å². The summed E-state index contributed by atoms with van der Waals surface area (Å²) in [6.45, 7) is 10.8. The molecule has 0 aliphatic carbocycles. The van der Waals surface area contributed by atoms with Crippen LogP contribution in [0.3, 0.4) is 0 Å². The van der Waals surface area contributed by atoms with E-state index < -0.39 is 78.7 Å². The Kier molecular flexibility index (Phi) is 14.1. The second-order valence-corrected chi connectivity index (χ2v) is 12.4. The number of nitrogens with one attached hydrogen (secondary N) is 1. The van der Waals surface area contributed by atoms with Crippen LogP contribution in [0.5, 0.6) is 0 Å². The van der Waals surface area contributed by atoms with E-state index in [1.807, 2.05) is 26.8 Å². The Morgan fingerprint density at radius 2 is 1.85 bits per heavy atom. The molecule has 2 fully saturated rings. The molecule has 12 nitrogen and oxygen atoms in total. The van der Waals surface area contributed by atoms with Gasteiger partial charge in [-0.1, -0.05) is 46.8 Å². The molecule has 9 N–H and O–H groups in total. The van der Waals surface area contributed by atoms with Gasteiger partial charge in [-0.15, -0.1) is 0 Å². The Morgan fingerprint density at radius 1 is 1.20 bits per heavy atom. The van der Waals surface area contributed by atoms with Gasteiger partial charge in [0.05, 0.1) is 61.2 Å². The fraction of sp³-hybridized carbons (Fsp3) is 0.897. The highest BCUT2D eigenvalue weighted by Crippen LogP contribution is 2.38. The quantitative estimate of drug-likeness (QED) is 0.126. The smallest absolute Gasteiger partial charge is 0.228 e. The van der Waals surface area contributed by atoms with Crippen molar-refractivity contribution in [3.8, 4) is 0 Å². The highest BCUT2D eigenvalue weighted by atomic mass is 16.7. The Morgan fingerprint density at radius 3 is 2.41 bits per heavy atom. The van der Waals surface area contributed by atoms with Gasteiger partial charge >= 0.3 is 0 Å². The lowest BCUT2D eigenvalue weighted by Gasteiger charge is -2.46. The van der Waals surface area contributed by atoms with Crippen LogP contribution in [0.2, 0.25) is 0 Å². The van der Waals surface area contributed by atoms with E-state index in [-0.39, 0.29) is 37.7 Å². The zero-order chi connectivity index (χ0) is 31.1. The predicted molar refractivity (Wildman–Crippen MR) is 151 cm³/mol. The average Bonchev–Trinajstić information content (AvgIpc) is 2.87. The van der Waals surface area contributed by atoms with E-state index in [4.69, 9.17) is 19.9 Å². The maximum atomic E-state index is 13.5. The lowest BCUT2D eigenvalue weighted by molar-refractivity contribution is -0.307. The van der Waals surface area contributed by atoms with Gasteiger partial charge in [0.15, 0.2) is 12.1 Å². The number of allylic oxidation sites excluding steroid dienone is 1. The summed E-state index contributed by atoms with van der Waals surface area (Å²) in [5.41, 5.74) is 5.98. The Balaban J connectivity index is 2.37. The summed E-state index contributed by atoms with van der Waals surface area (Å²) < 4.78 is 17.9. The molecule has 0 radical (unpaired) electrons. The monoisotopic (exact) mass is 590 g/mol. The molecular formula is C29H54N2O10. The number of ether oxygens (including phenoxy) is 3. The number of hydrogen-bond donors (Lipinski definition) is 8. The van der Waals surface area contributed by atoms with Crippen LogP contribution in [-0.4, -0.2) is 110 Å². The van der Waals surface area contributed by atoms with Crippen LogP contribution in [0.1, 0.15) is 73.6 Å². The number of hydrogen-bond acceptors (Lipinski definition) is 11. The average molecular weight is 591 g/mol. The van der Waals surface area contributed by atoms with Crippen LogP contribution in [0.25, 0.3) is 0 Å². The van der Waals surface area contributed by atoms with E-state index in [0.717, 1.165) is 0 Å². The second kappa shape index (κ2) is 16.0. The Bertz CT molecular complexity index is 829. The summed E-state index contributed by atoms with van der Waals surface area (Å²) in [4.78, 5) is 13.5. The normalized spacial score (nSPS) is 37.0. The van der Waals surface area contributed by atoms with Crippen molar-refractivity contribution in [2.75, 3.05) is 6.61 Å². The number of rotatable bonds is 14. The lowest BCUT2D eigenvalue weighted by atomic mass is 9.81. The molecule has 2 rings (SSSR count). The van der Waals surface area contributed by atoms with Crippen LogP contribution in [0.4, 0.5) is 0 Å². The molecule has 0 aromatic carbocycles. The van der Waals surface area contributed by atoms with Crippen molar-refractivity contribution >= 4 is 5.91 Å². The van der Waals surface area contributed by atoms with Crippen molar-refractivity contribution in [2.24, 2.45) is 23.5 Å². The van der Waals surface area contributed by atoms with Gasteiger partial charge in [-0.05, 0) is 31.6 Å². The molecular weight excluding hydrogens is 536 g/mol. The van der Waals surface area contributed by atoms with Crippen molar-refractivity contribution < 1.29 is 49.6 Å². The van der Waals surface area contributed by atoms with Crippen LogP contribution >= 0.6 is 0 Å². The summed E-state index contributed by atoms with van der Waals surface area (Å²) in [5.74, 6) is -3.58. The number of nitrogens with two attached hydrogens (primary N) is 1. The van der Waals surface area contributed by atoms with Gasteiger partial charge in [-0.25, -0.2) is 0 Å². The topological polar surface area (TPSA) is 204 Å². The van der Waals surface area contributed by atoms with E-state index in [1.165, 1.54) is 0 Å². The zero-order valence-corrected chi connectivity index (χ0v) is 25.3. The minimum Gasteiger partial charge on any atom is -0.394 e. The van der Waals surface area contributed by atoms with Gasteiger partial charge in [-0.3, -0.25) is 4.79 Å². The number of aliphatic hydroxyl groups is 6. The summed E-state index contributed by atoms with van der Waals surface area (Å²) in [5, 5.41) is 66.5. The number of amides is 1. The third kappa shape index (κ3) is 10.2. The van der Waals surface area contributed by atoms with Gasteiger partial charge in [0.1, 0.15) is 6.10 Å². The van der Waals surface area contributed by atoms with E-state index in [2.05, 4.69) is 5.32 Å². The highest BCUT2D eigenvalue weighted by Gasteiger charge is 2.51. The molecule has 0 bridgehead atoms. The molecule has 1 amide bonds. The highest BCUT2D eigenvalue weighted by molar-refractivity contribution is 5.80. The maximum Gasteiger partial charge on any atom is 0.228 e. The van der Waals surface area contributed by atoms with Crippen molar-refractivity contribution in [1.29, 1.82) is 0 Å². The van der Waals surface area contributed by atoms with Crippen molar-refractivity contribution in [3.63, 3.8) is 0 Å². The predicted octanol–water partition coefficient (Wildman–Crippen LogP) is -0.0934. The fourth-order valence-electron chi connectivity index (χ4n) is 5.43. The van der Waals surface area contributed by atoms with Gasteiger partial charge in [0, 0.05) is 19.3 Å². The third-order valence-corrected chi connectivity index (χ3v) is 7.89. The first-order chi connectivity index (χ1) is 19.1. The van der Waals surface area contributed by atoms with Gasteiger partial charge in [-0.2, -0.15) is 0 Å². The summed E-state index contributed by atoms with van der Waals surface area (Å²) in [6.07, 6.45) is -4.26. The molecule has 12 heteroatoms. The largest absolute Gasteiger partial charge is 0.394 e. The molecule has 0 saturated carbocycles. The molecule has 0 aromatic rings. The van der Waals surface area contributed by atoms with Crippen LogP contribution in [0.15, 0.2) is 12.2 Å². The fourth-order valence-corrected chi connectivity index (χ4v) is 5.43. The molecule has 12 atom stereocenters. The molecule has 2 heterocycles. The minimum atomic E-state index is -1.92.